The summed E-state index contributed by atoms with van der Waals surface area (Å²) >= 11 is 0. The van der Waals surface area contributed by atoms with Crippen LogP contribution in [-0.4, -0.2) is 9.78 Å². The third-order valence-corrected chi connectivity index (χ3v) is 2.34. The minimum absolute atomic E-state index is 0.684. The topological polar surface area (TPSA) is 43.8 Å². The third kappa shape index (κ3) is 1.37. The molecule has 0 aliphatic heterocycles. The van der Waals surface area contributed by atoms with Gasteiger partial charge in [0.2, 0.25) is 0 Å². The molecule has 0 bridgehead atoms. The SMILES string of the molecule is Cc1ccccc1-c1cc(N)n(C)n1. The molecule has 0 radical (unpaired) electrons. The first kappa shape index (κ1) is 8.81. The average molecular weight is 187 g/mol. The molecule has 14 heavy (non-hydrogen) atoms. The molecule has 1 heterocycles. The van der Waals surface area contributed by atoms with Gasteiger partial charge in [0.05, 0.1) is 5.69 Å². The maximum absolute atomic E-state index is 5.73. The zero-order chi connectivity index (χ0) is 10.1. The second kappa shape index (κ2) is 3.18. The van der Waals surface area contributed by atoms with Crippen molar-refractivity contribution < 1.29 is 0 Å². The highest BCUT2D eigenvalue weighted by Crippen LogP contribution is 2.22. The van der Waals surface area contributed by atoms with Gasteiger partial charge in [0.25, 0.3) is 0 Å². The van der Waals surface area contributed by atoms with Gasteiger partial charge in [0, 0.05) is 18.7 Å². The number of anilines is 1. The van der Waals surface area contributed by atoms with Gasteiger partial charge in [-0.05, 0) is 12.5 Å². The maximum Gasteiger partial charge on any atom is 0.121 e. The summed E-state index contributed by atoms with van der Waals surface area (Å²) in [6.07, 6.45) is 0. The van der Waals surface area contributed by atoms with Crippen molar-refractivity contribution >= 4 is 5.82 Å². The quantitative estimate of drug-likeness (QED) is 0.741. The third-order valence-electron chi connectivity index (χ3n) is 2.34. The molecular weight excluding hydrogens is 174 g/mol. The molecule has 0 spiro atoms. The van der Waals surface area contributed by atoms with E-state index in [-0.39, 0.29) is 0 Å². The Labute approximate surface area is 83.2 Å². The zero-order valence-electron chi connectivity index (χ0n) is 8.36. The lowest BCUT2D eigenvalue weighted by molar-refractivity contribution is 0.782. The predicted octanol–water partition coefficient (Wildman–Crippen LogP) is 1.98. The van der Waals surface area contributed by atoms with Gasteiger partial charge < -0.3 is 5.73 Å². The zero-order valence-corrected chi connectivity index (χ0v) is 8.36. The first-order valence-electron chi connectivity index (χ1n) is 4.54. The van der Waals surface area contributed by atoms with Gasteiger partial charge in [-0.25, -0.2) is 0 Å². The van der Waals surface area contributed by atoms with E-state index in [1.807, 2.05) is 25.2 Å². The van der Waals surface area contributed by atoms with Gasteiger partial charge in [-0.15, -0.1) is 0 Å². The van der Waals surface area contributed by atoms with E-state index in [0.29, 0.717) is 5.82 Å². The minimum Gasteiger partial charge on any atom is -0.384 e. The lowest BCUT2D eigenvalue weighted by Gasteiger charge is -2.00. The van der Waals surface area contributed by atoms with Gasteiger partial charge >= 0.3 is 0 Å². The summed E-state index contributed by atoms with van der Waals surface area (Å²) in [6.45, 7) is 2.07. The van der Waals surface area contributed by atoms with E-state index in [1.165, 1.54) is 5.56 Å². The molecule has 2 rings (SSSR count). The fourth-order valence-electron chi connectivity index (χ4n) is 1.47. The molecule has 0 saturated heterocycles. The molecule has 0 atom stereocenters. The van der Waals surface area contributed by atoms with E-state index in [0.717, 1.165) is 11.3 Å². The van der Waals surface area contributed by atoms with E-state index in [4.69, 9.17) is 5.73 Å². The molecule has 1 aromatic carbocycles. The summed E-state index contributed by atoms with van der Waals surface area (Å²) in [7, 11) is 1.84. The summed E-state index contributed by atoms with van der Waals surface area (Å²) in [5, 5.41) is 4.33. The van der Waals surface area contributed by atoms with Crippen molar-refractivity contribution in [3.63, 3.8) is 0 Å². The van der Waals surface area contributed by atoms with Crippen LogP contribution < -0.4 is 5.73 Å². The lowest BCUT2D eigenvalue weighted by Crippen LogP contribution is -1.96. The second-order valence-electron chi connectivity index (χ2n) is 3.39. The minimum atomic E-state index is 0.684. The van der Waals surface area contributed by atoms with Gasteiger partial charge in [-0.3, -0.25) is 4.68 Å². The first-order valence-corrected chi connectivity index (χ1v) is 4.54. The standard InChI is InChI=1S/C11H13N3/c1-8-5-3-4-6-9(8)10-7-11(12)14(2)13-10/h3-7H,12H2,1-2H3. The van der Waals surface area contributed by atoms with Crippen molar-refractivity contribution in [3.8, 4) is 11.3 Å². The molecule has 0 unspecified atom stereocenters. The number of aryl methyl sites for hydroxylation is 2. The fraction of sp³-hybridized carbons (Fsp3) is 0.182. The van der Waals surface area contributed by atoms with Crippen LogP contribution in [0.5, 0.6) is 0 Å². The summed E-state index contributed by atoms with van der Waals surface area (Å²) in [4.78, 5) is 0. The lowest BCUT2D eigenvalue weighted by atomic mass is 10.1. The highest BCUT2D eigenvalue weighted by Gasteiger charge is 2.05. The van der Waals surface area contributed by atoms with Crippen LogP contribution in [0.25, 0.3) is 11.3 Å². The number of nitrogen functional groups attached to an aromatic ring is 1. The highest BCUT2D eigenvalue weighted by atomic mass is 15.3. The Kier molecular flexibility index (Phi) is 2.00. The first-order chi connectivity index (χ1) is 6.68. The van der Waals surface area contributed by atoms with Crippen molar-refractivity contribution in [1.29, 1.82) is 0 Å². The molecule has 1 aromatic heterocycles. The number of rotatable bonds is 1. The second-order valence-corrected chi connectivity index (χ2v) is 3.39. The molecule has 2 N–H and O–H groups in total. The number of benzene rings is 1. The summed E-state index contributed by atoms with van der Waals surface area (Å²) < 4.78 is 1.68. The highest BCUT2D eigenvalue weighted by molar-refractivity contribution is 5.65. The van der Waals surface area contributed by atoms with Crippen molar-refractivity contribution in [3.05, 3.63) is 35.9 Å². The molecule has 3 heteroatoms. The Morgan fingerprint density at radius 2 is 2.00 bits per heavy atom. The van der Waals surface area contributed by atoms with Crippen LogP contribution in [0.2, 0.25) is 0 Å². The number of nitrogens with zero attached hydrogens (tertiary/aromatic N) is 2. The molecule has 0 fully saturated rings. The van der Waals surface area contributed by atoms with Crippen LogP contribution in [0.3, 0.4) is 0 Å². The smallest absolute Gasteiger partial charge is 0.121 e. The van der Waals surface area contributed by atoms with Crippen molar-refractivity contribution in [2.24, 2.45) is 7.05 Å². The molecule has 72 valence electrons. The van der Waals surface area contributed by atoms with Crippen molar-refractivity contribution in [2.75, 3.05) is 5.73 Å². The molecule has 0 aliphatic carbocycles. The Bertz CT molecular complexity index is 438. The van der Waals surface area contributed by atoms with Crippen LogP contribution in [-0.2, 0) is 7.05 Å². The van der Waals surface area contributed by atoms with Crippen LogP contribution in [0, 0.1) is 6.92 Å². The molecule has 0 aliphatic rings. The van der Waals surface area contributed by atoms with E-state index in [2.05, 4.69) is 24.2 Å². The Morgan fingerprint density at radius 1 is 1.29 bits per heavy atom. The molecule has 2 aromatic rings. The van der Waals surface area contributed by atoms with E-state index in [9.17, 15) is 0 Å². The van der Waals surface area contributed by atoms with Crippen LogP contribution in [0.1, 0.15) is 5.56 Å². The largest absolute Gasteiger partial charge is 0.384 e. The monoisotopic (exact) mass is 187 g/mol. The average Bonchev–Trinajstić information content (AvgIpc) is 2.48. The van der Waals surface area contributed by atoms with Crippen LogP contribution >= 0.6 is 0 Å². The molecule has 0 amide bonds. The number of hydrogen-bond donors (Lipinski definition) is 1. The molecule has 0 saturated carbocycles. The van der Waals surface area contributed by atoms with E-state index < -0.39 is 0 Å². The fourth-order valence-corrected chi connectivity index (χ4v) is 1.47. The van der Waals surface area contributed by atoms with Crippen LogP contribution in [0.15, 0.2) is 30.3 Å². The molecule has 3 nitrogen and oxygen atoms in total. The van der Waals surface area contributed by atoms with Crippen molar-refractivity contribution in [1.82, 2.24) is 9.78 Å². The molecular formula is C11H13N3. The predicted molar refractivity (Wildman–Crippen MR) is 57.8 cm³/mol. The number of aromatic nitrogens is 2. The summed E-state index contributed by atoms with van der Waals surface area (Å²) in [5.74, 6) is 0.684. The summed E-state index contributed by atoms with van der Waals surface area (Å²) in [6, 6.07) is 10.0. The Morgan fingerprint density at radius 3 is 2.57 bits per heavy atom. The number of nitrogens with two attached hydrogens (primary N) is 1. The van der Waals surface area contributed by atoms with E-state index >= 15 is 0 Å². The van der Waals surface area contributed by atoms with Gasteiger partial charge in [0.15, 0.2) is 0 Å². The normalized spacial score (nSPS) is 10.4. The van der Waals surface area contributed by atoms with Crippen LogP contribution in [0.4, 0.5) is 5.82 Å². The van der Waals surface area contributed by atoms with E-state index in [1.54, 1.807) is 4.68 Å². The summed E-state index contributed by atoms with van der Waals surface area (Å²) in [5.41, 5.74) is 9.01. The Balaban J connectivity index is 2.55. The van der Waals surface area contributed by atoms with Crippen molar-refractivity contribution in [2.45, 2.75) is 6.92 Å². The van der Waals surface area contributed by atoms with Gasteiger partial charge in [-0.1, -0.05) is 24.3 Å². The maximum atomic E-state index is 5.73. The van der Waals surface area contributed by atoms with Gasteiger partial charge in [0.1, 0.15) is 5.82 Å². The number of hydrogen-bond acceptors (Lipinski definition) is 2. The Hall–Kier alpha value is -1.77. The van der Waals surface area contributed by atoms with Gasteiger partial charge in [-0.2, -0.15) is 5.10 Å².